The highest BCUT2D eigenvalue weighted by molar-refractivity contribution is 6.30. The summed E-state index contributed by atoms with van der Waals surface area (Å²) in [5.41, 5.74) is 0.945. The van der Waals surface area contributed by atoms with Crippen LogP contribution in [0.2, 0.25) is 5.02 Å². The van der Waals surface area contributed by atoms with Crippen LogP contribution in [0.3, 0.4) is 0 Å². The number of halogens is 4. The molecule has 0 aliphatic heterocycles. The molecule has 0 spiro atoms. The highest BCUT2D eigenvalue weighted by atomic mass is 35.5. The third-order valence-corrected chi connectivity index (χ3v) is 3.04. The lowest BCUT2D eigenvalue weighted by Gasteiger charge is -2.07. The summed E-state index contributed by atoms with van der Waals surface area (Å²) >= 11 is 11.1. The Morgan fingerprint density at radius 2 is 1.86 bits per heavy atom. The van der Waals surface area contributed by atoms with Gasteiger partial charge in [0.15, 0.2) is 0 Å². The number of benzene rings is 2. The fourth-order valence-corrected chi connectivity index (χ4v) is 1.88. The maximum Gasteiger partial charge on any atom is 0.142 e. The van der Waals surface area contributed by atoms with Crippen molar-refractivity contribution in [1.82, 2.24) is 0 Å². The molecule has 0 heterocycles. The molecule has 0 N–H and O–H groups in total. The van der Waals surface area contributed by atoms with E-state index in [1.807, 2.05) is 0 Å². The lowest BCUT2D eigenvalue weighted by molar-refractivity contribution is 0.304. The second-order valence-electron chi connectivity index (χ2n) is 4.11. The SMILES string of the molecule is Fc1ccc(COc2ccc(C#CCCl)c(F)c2)cc1Cl. The first-order valence-corrected chi connectivity index (χ1v) is 6.92. The first kappa shape index (κ1) is 15.6. The maximum atomic E-state index is 13.7. The molecule has 0 unspecified atom stereocenters. The van der Waals surface area contributed by atoms with Gasteiger partial charge in [0.2, 0.25) is 0 Å². The number of ether oxygens (including phenoxy) is 1. The van der Waals surface area contributed by atoms with Crippen LogP contribution in [-0.2, 0) is 6.61 Å². The fraction of sp³-hybridized carbons (Fsp3) is 0.125. The third kappa shape index (κ3) is 4.35. The van der Waals surface area contributed by atoms with Crippen molar-refractivity contribution in [2.45, 2.75) is 6.61 Å². The molecule has 0 aliphatic carbocycles. The maximum absolute atomic E-state index is 13.7. The van der Waals surface area contributed by atoms with Crippen LogP contribution < -0.4 is 4.74 Å². The fourth-order valence-electron chi connectivity index (χ4n) is 1.61. The van der Waals surface area contributed by atoms with E-state index in [-0.39, 0.29) is 23.1 Å². The average molecular weight is 327 g/mol. The van der Waals surface area contributed by atoms with Crippen LogP contribution in [-0.4, -0.2) is 5.88 Å². The van der Waals surface area contributed by atoms with E-state index < -0.39 is 11.6 Å². The first-order valence-electron chi connectivity index (χ1n) is 6.01. The summed E-state index contributed by atoms with van der Waals surface area (Å²) in [5, 5.41) is 0.0222. The second kappa shape index (κ2) is 7.31. The summed E-state index contributed by atoms with van der Waals surface area (Å²) in [5.74, 6) is 4.70. The van der Waals surface area contributed by atoms with Gasteiger partial charge in [-0.25, -0.2) is 8.78 Å². The zero-order chi connectivity index (χ0) is 15.2. The van der Waals surface area contributed by atoms with Gasteiger partial charge in [-0.05, 0) is 29.8 Å². The molecule has 0 amide bonds. The van der Waals surface area contributed by atoms with Gasteiger partial charge in [0, 0.05) is 6.07 Å². The molecule has 1 nitrogen and oxygen atoms in total. The molecule has 2 aromatic rings. The Morgan fingerprint density at radius 1 is 1.05 bits per heavy atom. The van der Waals surface area contributed by atoms with Crippen LogP contribution >= 0.6 is 23.2 Å². The van der Waals surface area contributed by atoms with Crippen molar-refractivity contribution in [3.63, 3.8) is 0 Å². The van der Waals surface area contributed by atoms with Crippen LogP contribution in [0.15, 0.2) is 36.4 Å². The van der Waals surface area contributed by atoms with Crippen molar-refractivity contribution in [2.24, 2.45) is 0 Å². The predicted molar refractivity (Wildman–Crippen MR) is 79.7 cm³/mol. The predicted octanol–water partition coefficient (Wildman–Crippen LogP) is 4.79. The lowest BCUT2D eigenvalue weighted by Crippen LogP contribution is -1.97. The van der Waals surface area contributed by atoms with E-state index in [2.05, 4.69) is 11.8 Å². The minimum atomic E-state index is -0.492. The second-order valence-corrected chi connectivity index (χ2v) is 4.79. The molecule has 0 aromatic heterocycles. The zero-order valence-corrected chi connectivity index (χ0v) is 12.3. The topological polar surface area (TPSA) is 9.23 Å². The van der Waals surface area contributed by atoms with E-state index in [4.69, 9.17) is 27.9 Å². The van der Waals surface area contributed by atoms with Gasteiger partial charge in [0.1, 0.15) is 24.0 Å². The van der Waals surface area contributed by atoms with Crippen LogP contribution in [0.5, 0.6) is 5.75 Å². The van der Waals surface area contributed by atoms with Gasteiger partial charge in [0.05, 0.1) is 16.5 Å². The van der Waals surface area contributed by atoms with E-state index in [0.717, 1.165) is 0 Å². The number of rotatable bonds is 3. The zero-order valence-electron chi connectivity index (χ0n) is 10.8. The summed E-state index contributed by atoms with van der Waals surface area (Å²) in [6, 6.07) is 8.63. The highest BCUT2D eigenvalue weighted by Crippen LogP contribution is 2.20. The Balaban J connectivity index is 2.06. The van der Waals surface area contributed by atoms with Gasteiger partial charge in [-0.1, -0.05) is 29.5 Å². The van der Waals surface area contributed by atoms with Crippen LogP contribution in [0, 0.1) is 23.5 Å². The van der Waals surface area contributed by atoms with Crippen LogP contribution in [0.4, 0.5) is 8.78 Å². The molecular formula is C16H10Cl2F2O. The number of alkyl halides is 1. The van der Waals surface area contributed by atoms with Crippen molar-refractivity contribution < 1.29 is 13.5 Å². The van der Waals surface area contributed by atoms with Crippen LogP contribution in [0.1, 0.15) is 11.1 Å². The molecule has 0 fully saturated rings. The molecule has 2 rings (SSSR count). The van der Waals surface area contributed by atoms with Gasteiger partial charge in [-0.15, -0.1) is 11.6 Å². The smallest absolute Gasteiger partial charge is 0.142 e. The molecule has 0 saturated carbocycles. The van der Waals surface area contributed by atoms with E-state index in [1.165, 1.54) is 24.3 Å². The van der Waals surface area contributed by atoms with Crippen molar-refractivity contribution in [1.29, 1.82) is 0 Å². The molecule has 108 valence electrons. The Hall–Kier alpha value is -1.76. The Labute approximate surface area is 131 Å². The lowest BCUT2D eigenvalue weighted by atomic mass is 10.2. The normalized spacial score (nSPS) is 9.90. The summed E-state index contributed by atoms with van der Waals surface area (Å²) in [6.07, 6.45) is 0. The molecule has 0 bridgehead atoms. The molecule has 2 aromatic carbocycles. The van der Waals surface area contributed by atoms with Gasteiger partial charge in [0.25, 0.3) is 0 Å². The standard InChI is InChI=1S/C16H10Cl2F2O/c17-7-1-2-12-4-5-13(9-16(12)20)21-10-11-3-6-15(19)14(18)8-11/h3-6,8-9H,7,10H2. The first-order chi connectivity index (χ1) is 10.1. The highest BCUT2D eigenvalue weighted by Gasteiger charge is 2.04. The summed E-state index contributed by atoms with van der Waals surface area (Å²) < 4.78 is 32.2. The van der Waals surface area contributed by atoms with Crippen molar-refractivity contribution in [3.05, 3.63) is 64.2 Å². The summed E-state index contributed by atoms with van der Waals surface area (Å²) in [4.78, 5) is 0. The monoisotopic (exact) mass is 326 g/mol. The van der Waals surface area contributed by atoms with E-state index in [9.17, 15) is 8.78 Å². The minimum absolute atomic E-state index is 0.0222. The summed E-state index contributed by atoms with van der Waals surface area (Å²) in [6.45, 7) is 0.159. The molecule has 0 radical (unpaired) electrons. The van der Waals surface area contributed by atoms with Gasteiger partial charge < -0.3 is 4.74 Å². The average Bonchev–Trinajstić information content (AvgIpc) is 2.47. The van der Waals surface area contributed by atoms with Gasteiger partial charge in [-0.2, -0.15) is 0 Å². The number of hydrogen-bond acceptors (Lipinski definition) is 1. The quantitative estimate of drug-likeness (QED) is 0.582. The molecule has 0 atom stereocenters. The molecule has 21 heavy (non-hydrogen) atoms. The molecule has 0 saturated heterocycles. The van der Waals surface area contributed by atoms with Crippen molar-refractivity contribution in [3.8, 4) is 17.6 Å². The molecule has 0 aliphatic rings. The Morgan fingerprint density at radius 3 is 2.52 bits per heavy atom. The van der Waals surface area contributed by atoms with E-state index in [1.54, 1.807) is 12.1 Å². The summed E-state index contributed by atoms with van der Waals surface area (Å²) in [7, 11) is 0. The van der Waals surface area contributed by atoms with Gasteiger partial charge >= 0.3 is 0 Å². The Bertz CT molecular complexity index is 705. The molecule has 5 heteroatoms. The Kier molecular flexibility index (Phi) is 5.44. The molecular weight excluding hydrogens is 317 g/mol. The third-order valence-electron chi connectivity index (χ3n) is 2.62. The van der Waals surface area contributed by atoms with E-state index >= 15 is 0 Å². The van der Waals surface area contributed by atoms with Crippen LogP contribution in [0.25, 0.3) is 0 Å². The minimum Gasteiger partial charge on any atom is -0.489 e. The van der Waals surface area contributed by atoms with E-state index in [0.29, 0.717) is 11.3 Å². The van der Waals surface area contributed by atoms with Crippen molar-refractivity contribution in [2.75, 3.05) is 5.88 Å². The number of hydrogen-bond donors (Lipinski definition) is 0. The largest absolute Gasteiger partial charge is 0.489 e. The van der Waals surface area contributed by atoms with Crippen molar-refractivity contribution >= 4 is 23.2 Å². The van der Waals surface area contributed by atoms with Gasteiger partial charge in [-0.3, -0.25) is 0 Å².